The second kappa shape index (κ2) is 9.98. The summed E-state index contributed by atoms with van der Waals surface area (Å²) in [5.41, 5.74) is 1.08. The van der Waals surface area contributed by atoms with Crippen molar-refractivity contribution in [1.82, 2.24) is 8.61 Å². The molecule has 0 aliphatic carbocycles. The van der Waals surface area contributed by atoms with Gasteiger partial charge in [0.2, 0.25) is 26.0 Å². The summed E-state index contributed by atoms with van der Waals surface area (Å²) in [6.07, 6.45) is 0.523. The van der Waals surface area contributed by atoms with Gasteiger partial charge in [-0.25, -0.2) is 25.5 Å². The Labute approximate surface area is 199 Å². The first-order valence-corrected chi connectivity index (χ1v) is 13.4. The average molecular weight is 514 g/mol. The number of methoxy groups -OCH3 is 1. The summed E-state index contributed by atoms with van der Waals surface area (Å²) >= 11 is 0. The molecule has 34 heavy (non-hydrogen) atoms. The number of aryl methyl sites for hydroxylation is 1. The molecule has 186 valence electrons. The third kappa shape index (κ3) is 5.24. The van der Waals surface area contributed by atoms with Gasteiger partial charge in [0.1, 0.15) is 16.5 Å². The van der Waals surface area contributed by atoms with Gasteiger partial charge >= 0.3 is 0 Å². The number of ether oxygens (including phenoxy) is 1. The summed E-state index contributed by atoms with van der Waals surface area (Å²) in [5.74, 6) is -1.43. The zero-order valence-corrected chi connectivity index (χ0v) is 21.0. The van der Waals surface area contributed by atoms with Crippen LogP contribution in [0, 0.1) is 18.7 Å². The molecule has 1 saturated heterocycles. The van der Waals surface area contributed by atoms with Crippen LogP contribution < -0.4 is 10.1 Å². The molecule has 12 heteroatoms. The van der Waals surface area contributed by atoms with E-state index in [1.54, 1.807) is 13.0 Å². The van der Waals surface area contributed by atoms with E-state index in [1.165, 1.54) is 43.7 Å². The van der Waals surface area contributed by atoms with Gasteiger partial charge in [-0.05, 0) is 55.7 Å². The molecule has 2 aromatic carbocycles. The van der Waals surface area contributed by atoms with E-state index >= 15 is 0 Å². The highest BCUT2D eigenvalue weighted by molar-refractivity contribution is 7.89. The normalized spacial score (nSPS) is 15.9. The van der Waals surface area contributed by atoms with E-state index in [0.29, 0.717) is 11.3 Å². The maximum atomic E-state index is 13.7. The maximum absolute atomic E-state index is 13.7. The molecule has 1 N–H and O–H groups in total. The van der Waals surface area contributed by atoms with Gasteiger partial charge in [-0.15, -0.1) is 0 Å². The van der Waals surface area contributed by atoms with Crippen LogP contribution in [0.2, 0.25) is 0 Å². The number of carbonyl (C=O) groups excluding carboxylic acids is 1. The van der Waals surface area contributed by atoms with Crippen molar-refractivity contribution in [2.24, 2.45) is 5.92 Å². The van der Waals surface area contributed by atoms with Crippen molar-refractivity contribution < 1.29 is 30.8 Å². The number of carbonyl (C=O) groups is 1. The van der Waals surface area contributed by atoms with Gasteiger partial charge in [0.25, 0.3) is 0 Å². The molecule has 1 aliphatic rings. The van der Waals surface area contributed by atoms with Crippen LogP contribution in [-0.4, -0.2) is 65.6 Å². The molecule has 0 bridgehead atoms. The number of halogens is 1. The highest BCUT2D eigenvalue weighted by atomic mass is 32.2. The molecule has 9 nitrogen and oxygen atoms in total. The lowest BCUT2D eigenvalue weighted by Crippen LogP contribution is -2.41. The van der Waals surface area contributed by atoms with Crippen LogP contribution in [0.15, 0.2) is 46.2 Å². The van der Waals surface area contributed by atoms with Gasteiger partial charge < -0.3 is 10.1 Å². The predicted molar refractivity (Wildman–Crippen MR) is 125 cm³/mol. The zero-order chi connectivity index (χ0) is 25.3. The predicted octanol–water partition coefficient (Wildman–Crippen LogP) is 2.43. The minimum Gasteiger partial charge on any atom is -0.495 e. The van der Waals surface area contributed by atoms with Crippen molar-refractivity contribution in [2.45, 2.75) is 29.6 Å². The molecule has 0 saturated carbocycles. The lowest BCUT2D eigenvalue weighted by atomic mass is 9.97. The van der Waals surface area contributed by atoms with Gasteiger partial charge in [-0.3, -0.25) is 4.79 Å². The van der Waals surface area contributed by atoms with Gasteiger partial charge in [-0.2, -0.15) is 4.31 Å². The Balaban J connectivity index is 1.72. The number of rotatable bonds is 7. The van der Waals surface area contributed by atoms with Crippen LogP contribution >= 0.6 is 0 Å². The fraction of sp³-hybridized carbons (Fsp3) is 0.409. The second-order valence-corrected chi connectivity index (χ2v) is 12.3. The van der Waals surface area contributed by atoms with Crippen molar-refractivity contribution >= 4 is 31.6 Å². The Morgan fingerprint density at radius 3 is 2.32 bits per heavy atom. The average Bonchev–Trinajstić information content (AvgIpc) is 2.80. The Kier molecular flexibility index (Phi) is 7.65. The molecular weight excluding hydrogens is 485 g/mol. The molecule has 2 aromatic rings. The van der Waals surface area contributed by atoms with Crippen molar-refractivity contribution in [3.05, 3.63) is 47.8 Å². The Bertz CT molecular complexity index is 1290. The fourth-order valence-corrected chi connectivity index (χ4v) is 6.26. The molecule has 1 amide bonds. The summed E-state index contributed by atoms with van der Waals surface area (Å²) in [4.78, 5) is 12.7. The van der Waals surface area contributed by atoms with Gasteiger partial charge in [0.05, 0.1) is 12.0 Å². The van der Waals surface area contributed by atoms with Crippen LogP contribution in [0.25, 0.3) is 0 Å². The molecule has 1 fully saturated rings. The van der Waals surface area contributed by atoms with Gasteiger partial charge in [-0.1, -0.05) is 6.07 Å². The lowest BCUT2D eigenvalue weighted by molar-refractivity contribution is -0.120. The molecule has 1 heterocycles. The number of piperidine rings is 1. The number of sulfonamides is 2. The largest absolute Gasteiger partial charge is 0.495 e. The first kappa shape index (κ1) is 26.1. The second-order valence-electron chi connectivity index (χ2n) is 8.23. The van der Waals surface area contributed by atoms with Crippen molar-refractivity contribution in [3.8, 4) is 5.75 Å². The monoisotopic (exact) mass is 513 g/mol. The van der Waals surface area contributed by atoms with Crippen molar-refractivity contribution in [3.63, 3.8) is 0 Å². The van der Waals surface area contributed by atoms with E-state index in [2.05, 4.69) is 5.32 Å². The van der Waals surface area contributed by atoms with Gasteiger partial charge in [0, 0.05) is 38.8 Å². The first-order chi connectivity index (χ1) is 15.9. The number of anilines is 1. The van der Waals surface area contributed by atoms with Crippen molar-refractivity contribution in [1.29, 1.82) is 0 Å². The van der Waals surface area contributed by atoms with E-state index in [1.807, 2.05) is 0 Å². The fourth-order valence-electron chi connectivity index (χ4n) is 3.69. The summed E-state index contributed by atoms with van der Waals surface area (Å²) in [5, 5.41) is 2.78. The Hall–Kier alpha value is -2.54. The van der Waals surface area contributed by atoms with Gasteiger partial charge in [0.15, 0.2) is 0 Å². The number of benzene rings is 2. The number of nitrogens with zero attached hydrogens (tertiary/aromatic N) is 2. The Morgan fingerprint density at radius 1 is 1.09 bits per heavy atom. The van der Waals surface area contributed by atoms with Crippen LogP contribution in [0.5, 0.6) is 5.75 Å². The molecule has 0 atom stereocenters. The van der Waals surface area contributed by atoms with Crippen molar-refractivity contribution in [2.75, 3.05) is 39.6 Å². The number of amides is 1. The summed E-state index contributed by atoms with van der Waals surface area (Å²) in [7, 11) is -3.51. The number of hydrogen-bond donors (Lipinski definition) is 1. The summed E-state index contributed by atoms with van der Waals surface area (Å²) < 4.78 is 72.0. The molecule has 3 rings (SSSR count). The molecular formula is C22H28FN3O6S2. The third-order valence-electron chi connectivity index (χ3n) is 5.81. The van der Waals surface area contributed by atoms with E-state index in [-0.39, 0.29) is 47.4 Å². The maximum Gasteiger partial charge on any atom is 0.246 e. The highest BCUT2D eigenvalue weighted by Crippen LogP contribution is 2.31. The van der Waals surface area contributed by atoms with Crippen LogP contribution in [0.4, 0.5) is 10.1 Å². The van der Waals surface area contributed by atoms with E-state index < -0.39 is 31.8 Å². The third-order valence-corrected chi connectivity index (χ3v) is 9.54. The highest BCUT2D eigenvalue weighted by Gasteiger charge is 2.34. The number of hydrogen-bond acceptors (Lipinski definition) is 6. The minimum atomic E-state index is -4.01. The topological polar surface area (TPSA) is 113 Å². The smallest absolute Gasteiger partial charge is 0.246 e. The standard InChI is InChI=1S/C22H28FN3O6S2/c1-15-5-7-18(33(28,29)25(2)3)14-19(15)24-22(27)16-9-11-26(12-10-16)34(30,31)21-13-17(23)6-8-20(21)32-4/h5-8,13-14,16H,9-12H2,1-4H3,(H,24,27). The summed E-state index contributed by atoms with van der Waals surface area (Å²) in [6.45, 7) is 1.91. The lowest BCUT2D eigenvalue weighted by Gasteiger charge is -2.31. The van der Waals surface area contributed by atoms with Crippen LogP contribution in [-0.2, 0) is 24.8 Å². The molecule has 0 aromatic heterocycles. The van der Waals surface area contributed by atoms with E-state index in [0.717, 1.165) is 16.4 Å². The SMILES string of the molecule is COc1ccc(F)cc1S(=O)(=O)N1CCC(C(=O)Nc2cc(S(=O)(=O)N(C)C)ccc2C)CC1. The Morgan fingerprint density at radius 2 is 1.74 bits per heavy atom. The summed E-state index contributed by atoms with van der Waals surface area (Å²) in [6, 6.07) is 7.81. The van der Waals surface area contributed by atoms with E-state index in [4.69, 9.17) is 4.74 Å². The zero-order valence-electron chi connectivity index (χ0n) is 19.4. The molecule has 0 radical (unpaired) electrons. The van der Waals surface area contributed by atoms with Crippen LogP contribution in [0.1, 0.15) is 18.4 Å². The van der Waals surface area contributed by atoms with Crippen LogP contribution in [0.3, 0.4) is 0 Å². The minimum absolute atomic E-state index is 0.0456. The quantitative estimate of drug-likeness (QED) is 0.609. The first-order valence-electron chi connectivity index (χ1n) is 10.6. The molecule has 0 spiro atoms. The molecule has 1 aliphatic heterocycles. The van der Waals surface area contributed by atoms with E-state index in [9.17, 15) is 26.0 Å². The number of nitrogens with one attached hydrogen (secondary N) is 1. The molecule has 0 unspecified atom stereocenters.